The lowest BCUT2D eigenvalue weighted by molar-refractivity contribution is -0.115. The number of hydrogen-bond acceptors (Lipinski definition) is 4. The number of carboxylic acids is 1. The number of carboxylic acid groups (broad SMARTS) is 1. The average molecular weight is 453 g/mol. The first-order valence-electron chi connectivity index (χ1n) is 10.9. The van der Waals surface area contributed by atoms with Gasteiger partial charge in [0.2, 0.25) is 5.91 Å². The molecule has 0 aliphatic heterocycles. The Labute approximate surface area is 197 Å². The summed E-state index contributed by atoms with van der Waals surface area (Å²) in [5.74, 6) is -0.438. The normalized spacial score (nSPS) is 10.5. The molecular formula is C28H24N2O4. The maximum Gasteiger partial charge on any atom is 0.335 e. The number of amides is 1. The van der Waals surface area contributed by atoms with E-state index in [1.54, 1.807) is 42.6 Å². The van der Waals surface area contributed by atoms with Crippen molar-refractivity contribution in [3.05, 3.63) is 125 Å². The van der Waals surface area contributed by atoms with Crippen molar-refractivity contribution in [1.82, 2.24) is 4.98 Å². The highest BCUT2D eigenvalue weighted by molar-refractivity contribution is 5.93. The first-order chi connectivity index (χ1) is 16.6. The molecule has 0 spiro atoms. The second-order valence-electron chi connectivity index (χ2n) is 7.78. The summed E-state index contributed by atoms with van der Waals surface area (Å²) in [5.41, 5.74) is 3.97. The van der Waals surface area contributed by atoms with Crippen LogP contribution in [0.5, 0.6) is 5.75 Å². The van der Waals surface area contributed by atoms with Crippen LogP contribution in [0.4, 0.5) is 5.69 Å². The predicted octanol–water partition coefficient (Wildman–Crippen LogP) is 5.13. The molecule has 1 amide bonds. The molecule has 0 aliphatic carbocycles. The molecule has 3 aromatic carbocycles. The third-order valence-corrected chi connectivity index (χ3v) is 5.31. The van der Waals surface area contributed by atoms with Crippen molar-refractivity contribution in [3.63, 3.8) is 0 Å². The summed E-state index contributed by atoms with van der Waals surface area (Å²) in [6.07, 6.45) is 2.12. The molecule has 1 aromatic heterocycles. The molecule has 34 heavy (non-hydrogen) atoms. The van der Waals surface area contributed by atoms with Gasteiger partial charge in [0.25, 0.3) is 0 Å². The first-order valence-corrected chi connectivity index (χ1v) is 10.9. The maximum atomic E-state index is 12.7. The van der Waals surface area contributed by atoms with E-state index in [-0.39, 0.29) is 17.9 Å². The number of benzene rings is 3. The van der Waals surface area contributed by atoms with E-state index in [2.05, 4.69) is 10.3 Å². The van der Waals surface area contributed by atoms with Crippen molar-refractivity contribution in [2.24, 2.45) is 0 Å². The van der Waals surface area contributed by atoms with Crippen molar-refractivity contribution in [3.8, 4) is 5.75 Å². The van der Waals surface area contributed by atoms with Gasteiger partial charge in [-0.1, -0.05) is 60.7 Å². The summed E-state index contributed by atoms with van der Waals surface area (Å²) in [7, 11) is 0. The van der Waals surface area contributed by atoms with Crippen LogP contribution in [0.25, 0.3) is 0 Å². The number of nitrogens with one attached hydrogen (secondary N) is 1. The average Bonchev–Trinajstić information content (AvgIpc) is 2.85. The third-order valence-electron chi connectivity index (χ3n) is 5.31. The fourth-order valence-corrected chi connectivity index (χ4v) is 3.58. The van der Waals surface area contributed by atoms with Crippen LogP contribution in [0, 0.1) is 0 Å². The highest BCUT2D eigenvalue weighted by atomic mass is 16.5. The largest absolute Gasteiger partial charge is 0.489 e. The van der Waals surface area contributed by atoms with Gasteiger partial charge < -0.3 is 15.2 Å². The van der Waals surface area contributed by atoms with E-state index < -0.39 is 5.97 Å². The number of aromatic carboxylic acids is 1. The molecule has 0 fully saturated rings. The van der Waals surface area contributed by atoms with Gasteiger partial charge >= 0.3 is 5.97 Å². The van der Waals surface area contributed by atoms with Gasteiger partial charge in [0.1, 0.15) is 12.4 Å². The molecule has 0 bridgehead atoms. The molecule has 6 heteroatoms. The van der Waals surface area contributed by atoms with Crippen LogP contribution in [0.2, 0.25) is 0 Å². The van der Waals surface area contributed by atoms with Crippen LogP contribution in [0.1, 0.15) is 32.7 Å². The van der Waals surface area contributed by atoms with Crippen LogP contribution < -0.4 is 10.1 Å². The van der Waals surface area contributed by atoms with Crippen LogP contribution in [0.15, 0.2) is 97.2 Å². The molecule has 0 saturated heterocycles. The van der Waals surface area contributed by atoms with Gasteiger partial charge in [-0.2, -0.15) is 0 Å². The van der Waals surface area contributed by atoms with E-state index in [0.29, 0.717) is 30.0 Å². The fraction of sp³-hybridized carbons (Fsp3) is 0.107. The van der Waals surface area contributed by atoms with Gasteiger partial charge in [0, 0.05) is 12.6 Å². The molecule has 1 heterocycles. The van der Waals surface area contributed by atoms with Crippen LogP contribution >= 0.6 is 0 Å². The molecule has 2 N–H and O–H groups in total. The Bertz CT molecular complexity index is 1270. The lowest BCUT2D eigenvalue weighted by Crippen LogP contribution is -2.16. The summed E-state index contributed by atoms with van der Waals surface area (Å²) in [4.78, 5) is 28.6. The van der Waals surface area contributed by atoms with Crippen LogP contribution in [-0.2, 0) is 24.2 Å². The minimum Gasteiger partial charge on any atom is -0.489 e. The molecule has 0 saturated carbocycles. The summed E-state index contributed by atoms with van der Waals surface area (Å²) in [5, 5.41) is 12.3. The maximum absolute atomic E-state index is 12.7. The van der Waals surface area contributed by atoms with Gasteiger partial charge in [-0.05, 0) is 47.0 Å². The second kappa shape index (κ2) is 10.9. The van der Waals surface area contributed by atoms with E-state index in [4.69, 9.17) is 4.74 Å². The van der Waals surface area contributed by atoms with Gasteiger partial charge in [-0.25, -0.2) is 4.79 Å². The highest BCUT2D eigenvalue weighted by Gasteiger charge is 2.14. The molecule has 170 valence electrons. The molecule has 0 atom stereocenters. The van der Waals surface area contributed by atoms with Gasteiger partial charge in [-0.3, -0.25) is 9.78 Å². The topological polar surface area (TPSA) is 88.5 Å². The van der Waals surface area contributed by atoms with E-state index in [1.807, 2.05) is 54.6 Å². The zero-order valence-electron chi connectivity index (χ0n) is 18.5. The number of ether oxygens (including phenoxy) is 1. The number of carbonyl (C=O) groups is 2. The molecule has 6 nitrogen and oxygen atoms in total. The minimum atomic E-state index is -0.992. The number of nitrogens with zero attached hydrogens (tertiary/aromatic N) is 1. The lowest BCUT2D eigenvalue weighted by Gasteiger charge is -2.12. The van der Waals surface area contributed by atoms with Crippen molar-refractivity contribution < 1.29 is 19.4 Å². The van der Waals surface area contributed by atoms with E-state index in [0.717, 1.165) is 16.9 Å². The van der Waals surface area contributed by atoms with Crippen molar-refractivity contribution >= 4 is 17.6 Å². The van der Waals surface area contributed by atoms with Crippen molar-refractivity contribution in [1.29, 1.82) is 0 Å². The standard InChI is InChI=1S/C28H24N2O4/c31-27(17-20-12-14-23(15-13-20)34-19-21-7-2-1-3-8-21)30-25-11-6-16-29-26(25)18-22-9-4-5-10-24(22)28(32)33/h1-16H,17-19H2,(H,30,31)(H,32,33). The van der Waals surface area contributed by atoms with E-state index in [9.17, 15) is 14.7 Å². The number of pyridine rings is 1. The third kappa shape index (κ3) is 6.07. The molecular weight excluding hydrogens is 428 g/mol. The van der Waals surface area contributed by atoms with Crippen LogP contribution in [0.3, 0.4) is 0 Å². The first kappa shape index (κ1) is 22.7. The van der Waals surface area contributed by atoms with E-state index in [1.165, 1.54) is 0 Å². The van der Waals surface area contributed by atoms with Crippen molar-refractivity contribution in [2.45, 2.75) is 19.4 Å². The molecule has 0 aliphatic rings. The summed E-state index contributed by atoms with van der Waals surface area (Å²) >= 11 is 0. The fourth-order valence-electron chi connectivity index (χ4n) is 3.58. The highest BCUT2D eigenvalue weighted by Crippen LogP contribution is 2.20. The van der Waals surface area contributed by atoms with Gasteiger partial charge in [0.15, 0.2) is 0 Å². The van der Waals surface area contributed by atoms with E-state index >= 15 is 0 Å². The quantitative estimate of drug-likeness (QED) is 0.368. The second-order valence-corrected chi connectivity index (χ2v) is 7.78. The summed E-state index contributed by atoms with van der Waals surface area (Å²) in [6, 6.07) is 27.7. The van der Waals surface area contributed by atoms with Crippen LogP contribution in [-0.4, -0.2) is 22.0 Å². The summed E-state index contributed by atoms with van der Waals surface area (Å²) in [6.45, 7) is 0.482. The Kier molecular flexibility index (Phi) is 7.30. The number of carbonyl (C=O) groups excluding carboxylic acids is 1. The van der Waals surface area contributed by atoms with Gasteiger partial charge in [-0.15, -0.1) is 0 Å². The van der Waals surface area contributed by atoms with Gasteiger partial charge in [0.05, 0.1) is 23.4 Å². The van der Waals surface area contributed by atoms with Crippen molar-refractivity contribution in [2.75, 3.05) is 5.32 Å². The Balaban J connectivity index is 1.38. The summed E-state index contributed by atoms with van der Waals surface area (Å²) < 4.78 is 5.80. The molecule has 4 rings (SSSR count). The molecule has 0 radical (unpaired) electrons. The number of rotatable bonds is 9. The Morgan fingerprint density at radius 2 is 1.56 bits per heavy atom. The number of aromatic nitrogens is 1. The smallest absolute Gasteiger partial charge is 0.335 e. The Morgan fingerprint density at radius 1 is 0.824 bits per heavy atom. The molecule has 0 unspecified atom stereocenters. The monoisotopic (exact) mass is 452 g/mol. The SMILES string of the molecule is O=C(Cc1ccc(OCc2ccccc2)cc1)Nc1cccnc1Cc1ccccc1C(=O)O. The zero-order valence-corrected chi connectivity index (χ0v) is 18.5. The number of hydrogen-bond donors (Lipinski definition) is 2. The number of anilines is 1. The Hall–Kier alpha value is -4.45. The predicted molar refractivity (Wildman–Crippen MR) is 130 cm³/mol. The lowest BCUT2D eigenvalue weighted by atomic mass is 10.0. The minimum absolute atomic E-state index is 0.182. The zero-order chi connectivity index (χ0) is 23.8. The molecule has 4 aromatic rings. The Morgan fingerprint density at radius 3 is 2.32 bits per heavy atom.